The Kier molecular flexibility index (Phi) is 5.35. The van der Waals surface area contributed by atoms with Crippen molar-refractivity contribution in [2.75, 3.05) is 6.54 Å². The molecule has 0 unspecified atom stereocenters. The first-order valence-corrected chi connectivity index (χ1v) is 13.3. The largest absolute Gasteiger partial charge is 0.388 e. The summed E-state index contributed by atoms with van der Waals surface area (Å²) in [5.74, 6) is 3.32. The standard InChI is InChI=1S/C27H43NO3/c1-4-5-24(30)28(19-7-8-19)17-27(31)15-14-25(2)18(16-27)6-9-20-21-10-11-23(29)26(21,3)13-12-22(20)25/h18-22,31H,4-17H2,1-3H3/t18-,20-,21-,22-,25-,26-,27+/m0/s1. The molecule has 31 heavy (non-hydrogen) atoms. The average Bonchev–Trinajstić information content (AvgIpc) is 3.52. The van der Waals surface area contributed by atoms with Crippen LogP contribution in [0.3, 0.4) is 0 Å². The second-order valence-corrected chi connectivity index (χ2v) is 12.5. The number of hydrogen-bond acceptors (Lipinski definition) is 3. The van der Waals surface area contributed by atoms with E-state index in [1.807, 2.05) is 4.90 Å². The quantitative estimate of drug-likeness (QED) is 0.660. The highest BCUT2D eigenvalue weighted by Gasteiger charge is 2.61. The van der Waals surface area contributed by atoms with Crippen molar-refractivity contribution >= 4 is 11.7 Å². The van der Waals surface area contributed by atoms with E-state index in [4.69, 9.17) is 0 Å². The monoisotopic (exact) mass is 429 g/mol. The minimum Gasteiger partial charge on any atom is -0.388 e. The third-order valence-corrected chi connectivity index (χ3v) is 10.8. The fourth-order valence-electron chi connectivity index (χ4n) is 8.72. The zero-order chi connectivity index (χ0) is 22.0. The molecule has 174 valence electrons. The number of rotatable bonds is 5. The van der Waals surface area contributed by atoms with Crippen molar-refractivity contribution in [1.29, 1.82) is 0 Å². The van der Waals surface area contributed by atoms with E-state index in [2.05, 4.69) is 20.8 Å². The lowest BCUT2D eigenvalue weighted by Crippen LogP contribution is -2.58. The number of carbonyl (C=O) groups excluding carboxylic acids is 2. The molecule has 0 saturated heterocycles. The summed E-state index contributed by atoms with van der Waals surface area (Å²) in [5.41, 5.74) is -0.473. The number of amides is 1. The van der Waals surface area contributed by atoms with Crippen molar-refractivity contribution in [3.8, 4) is 0 Å². The smallest absolute Gasteiger partial charge is 0.222 e. The molecule has 4 heteroatoms. The molecule has 0 spiro atoms. The highest BCUT2D eigenvalue weighted by atomic mass is 16.3. The van der Waals surface area contributed by atoms with Gasteiger partial charge in [-0.15, -0.1) is 0 Å². The number of ketones is 1. The normalized spacial score (nSPS) is 46.8. The molecule has 0 aliphatic heterocycles. The minimum atomic E-state index is -0.713. The summed E-state index contributed by atoms with van der Waals surface area (Å²) in [6.07, 6.45) is 13.1. The van der Waals surface area contributed by atoms with Crippen LogP contribution in [-0.2, 0) is 9.59 Å². The van der Waals surface area contributed by atoms with E-state index >= 15 is 0 Å². The molecule has 5 aliphatic rings. The lowest BCUT2D eigenvalue weighted by atomic mass is 9.44. The highest BCUT2D eigenvalue weighted by molar-refractivity contribution is 5.87. The van der Waals surface area contributed by atoms with Gasteiger partial charge >= 0.3 is 0 Å². The summed E-state index contributed by atoms with van der Waals surface area (Å²) in [5, 5.41) is 11.7. The molecule has 0 heterocycles. The first-order chi connectivity index (χ1) is 14.7. The fraction of sp³-hybridized carbons (Fsp3) is 0.926. The Morgan fingerprint density at radius 2 is 1.81 bits per heavy atom. The van der Waals surface area contributed by atoms with E-state index in [1.54, 1.807) is 0 Å². The first kappa shape index (κ1) is 21.9. The van der Waals surface area contributed by atoms with Crippen LogP contribution in [0.25, 0.3) is 0 Å². The maximum Gasteiger partial charge on any atom is 0.222 e. The van der Waals surface area contributed by atoms with Crippen molar-refractivity contribution in [1.82, 2.24) is 4.90 Å². The molecule has 0 aromatic heterocycles. The van der Waals surface area contributed by atoms with E-state index < -0.39 is 5.60 Å². The van der Waals surface area contributed by atoms with Crippen LogP contribution < -0.4 is 0 Å². The average molecular weight is 430 g/mol. The molecule has 0 aromatic rings. The lowest BCUT2D eigenvalue weighted by Gasteiger charge is -2.61. The van der Waals surface area contributed by atoms with Gasteiger partial charge in [-0.25, -0.2) is 0 Å². The predicted octanol–water partition coefficient (Wildman–Crippen LogP) is 5.12. The Morgan fingerprint density at radius 1 is 1.03 bits per heavy atom. The molecule has 5 aliphatic carbocycles. The van der Waals surface area contributed by atoms with Gasteiger partial charge in [-0.3, -0.25) is 9.59 Å². The molecule has 0 bridgehead atoms. The summed E-state index contributed by atoms with van der Waals surface area (Å²) in [7, 11) is 0. The molecule has 7 atom stereocenters. The number of nitrogens with zero attached hydrogens (tertiary/aromatic N) is 1. The fourth-order valence-corrected chi connectivity index (χ4v) is 8.72. The second kappa shape index (κ2) is 7.57. The lowest BCUT2D eigenvalue weighted by molar-refractivity contribution is -0.161. The summed E-state index contributed by atoms with van der Waals surface area (Å²) in [6.45, 7) is 7.38. The number of carbonyl (C=O) groups is 2. The van der Waals surface area contributed by atoms with E-state index in [1.165, 1.54) is 19.3 Å². The van der Waals surface area contributed by atoms with Gasteiger partial charge in [-0.1, -0.05) is 20.8 Å². The third kappa shape index (κ3) is 3.50. The van der Waals surface area contributed by atoms with Gasteiger partial charge < -0.3 is 10.0 Å². The van der Waals surface area contributed by atoms with E-state index in [-0.39, 0.29) is 11.3 Å². The second-order valence-electron chi connectivity index (χ2n) is 12.5. The summed E-state index contributed by atoms with van der Waals surface area (Å²) < 4.78 is 0. The van der Waals surface area contributed by atoms with Crippen LogP contribution in [-0.4, -0.2) is 39.9 Å². The van der Waals surface area contributed by atoms with Crippen LogP contribution in [0.5, 0.6) is 0 Å². The third-order valence-electron chi connectivity index (χ3n) is 10.8. The van der Waals surface area contributed by atoms with Crippen molar-refractivity contribution in [2.45, 2.75) is 116 Å². The van der Waals surface area contributed by atoms with Crippen molar-refractivity contribution in [2.24, 2.45) is 34.5 Å². The number of hydrogen-bond donors (Lipinski definition) is 1. The molecule has 5 rings (SSSR count). The molecular weight excluding hydrogens is 386 g/mol. The molecule has 5 fully saturated rings. The summed E-state index contributed by atoms with van der Waals surface area (Å²) in [4.78, 5) is 27.4. The van der Waals surface area contributed by atoms with Gasteiger partial charge in [-0.05, 0) is 99.7 Å². The van der Waals surface area contributed by atoms with Crippen LogP contribution in [0.1, 0.15) is 104 Å². The van der Waals surface area contributed by atoms with Gasteiger partial charge in [0.25, 0.3) is 0 Å². The van der Waals surface area contributed by atoms with E-state index in [9.17, 15) is 14.7 Å². The van der Waals surface area contributed by atoms with Crippen LogP contribution in [0.4, 0.5) is 0 Å². The van der Waals surface area contributed by atoms with Gasteiger partial charge in [0.15, 0.2) is 0 Å². The van der Waals surface area contributed by atoms with Gasteiger partial charge in [0.1, 0.15) is 5.78 Å². The molecule has 0 aromatic carbocycles. The van der Waals surface area contributed by atoms with Crippen LogP contribution in [0, 0.1) is 34.5 Å². The van der Waals surface area contributed by atoms with Gasteiger partial charge in [0, 0.05) is 30.8 Å². The van der Waals surface area contributed by atoms with E-state index in [0.717, 1.165) is 57.8 Å². The van der Waals surface area contributed by atoms with Crippen molar-refractivity contribution in [3.63, 3.8) is 0 Å². The van der Waals surface area contributed by atoms with Gasteiger partial charge in [0.2, 0.25) is 5.91 Å². The number of Topliss-reactive ketones (excluding diaryl/α,β-unsaturated/α-hetero) is 1. The molecular formula is C27H43NO3. The Morgan fingerprint density at radius 3 is 2.52 bits per heavy atom. The SMILES string of the molecule is CCCC(=O)N(C[C@@]1(O)CC[C@@]2(C)[C@@H](CC[C@@H]3[C@@H]2CC[C@]2(C)C(=O)CC[C@@H]32)C1)C1CC1. The molecule has 1 amide bonds. The molecule has 4 nitrogen and oxygen atoms in total. The van der Waals surface area contributed by atoms with Crippen molar-refractivity contribution < 1.29 is 14.7 Å². The molecule has 1 N–H and O–H groups in total. The summed E-state index contributed by atoms with van der Waals surface area (Å²) in [6, 6.07) is 0.378. The molecule has 5 saturated carbocycles. The Bertz CT molecular complexity index is 747. The first-order valence-electron chi connectivity index (χ1n) is 13.3. The van der Waals surface area contributed by atoms with Crippen LogP contribution in [0.15, 0.2) is 0 Å². The van der Waals surface area contributed by atoms with Gasteiger partial charge in [0.05, 0.1) is 5.60 Å². The topological polar surface area (TPSA) is 57.6 Å². The highest BCUT2D eigenvalue weighted by Crippen LogP contribution is 2.66. The zero-order valence-electron chi connectivity index (χ0n) is 20.0. The van der Waals surface area contributed by atoms with Crippen LogP contribution in [0.2, 0.25) is 0 Å². The van der Waals surface area contributed by atoms with Crippen molar-refractivity contribution in [3.05, 3.63) is 0 Å². The Labute approximate surface area is 188 Å². The summed E-state index contributed by atoms with van der Waals surface area (Å²) >= 11 is 0. The van der Waals surface area contributed by atoms with Crippen LogP contribution >= 0.6 is 0 Å². The molecule has 0 radical (unpaired) electrons. The minimum absolute atomic E-state index is 0.0514. The maximum atomic E-state index is 12.7. The van der Waals surface area contributed by atoms with Gasteiger partial charge in [-0.2, -0.15) is 0 Å². The Hall–Kier alpha value is -0.900. The number of fused-ring (bicyclic) bond motifs is 5. The number of aliphatic hydroxyl groups is 1. The van der Waals surface area contributed by atoms with E-state index in [0.29, 0.717) is 53.9 Å². The Balaban J connectivity index is 1.31. The maximum absolute atomic E-state index is 12.7. The predicted molar refractivity (Wildman–Crippen MR) is 121 cm³/mol. The zero-order valence-corrected chi connectivity index (χ0v) is 20.0.